The van der Waals surface area contributed by atoms with Crippen LogP contribution < -0.4 is 10.1 Å². The molecule has 0 spiro atoms. The molecule has 1 aliphatic rings. The normalized spacial score (nSPS) is 13.7. The second-order valence-corrected chi connectivity index (χ2v) is 8.17. The Bertz CT molecular complexity index is 1050. The van der Waals surface area contributed by atoms with Crippen molar-refractivity contribution in [2.24, 2.45) is 5.41 Å². The summed E-state index contributed by atoms with van der Waals surface area (Å²) in [5.41, 5.74) is 1.78. The lowest BCUT2D eigenvalue weighted by molar-refractivity contribution is 0.227. The van der Waals surface area contributed by atoms with Crippen molar-refractivity contribution >= 4 is 23.2 Å². The SMILES string of the molecule is CC(C)(C#N)COc1ccc(-c2nc(Nc3cnn(C4CC4)c3)ncc2Cl)cc1. The summed E-state index contributed by atoms with van der Waals surface area (Å²) in [5.74, 6) is 1.14. The quantitative estimate of drug-likeness (QED) is 0.591. The molecule has 0 aliphatic heterocycles. The van der Waals surface area contributed by atoms with Crippen molar-refractivity contribution < 1.29 is 4.74 Å². The average molecular weight is 409 g/mol. The number of nitriles is 1. The van der Waals surface area contributed by atoms with E-state index < -0.39 is 5.41 Å². The summed E-state index contributed by atoms with van der Waals surface area (Å²) in [6, 6.07) is 10.2. The second-order valence-electron chi connectivity index (χ2n) is 7.76. The minimum atomic E-state index is -0.539. The summed E-state index contributed by atoms with van der Waals surface area (Å²) in [6.45, 7) is 4.00. The van der Waals surface area contributed by atoms with Crippen LogP contribution in [0, 0.1) is 16.7 Å². The topological polar surface area (TPSA) is 88.6 Å². The van der Waals surface area contributed by atoms with Crippen LogP contribution >= 0.6 is 11.6 Å². The van der Waals surface area contributed by atoms with Gasteiger partial charge in [-0.15, -0.1) is 0 Å². The molecule has 7 nitrogen and oxygen atoms in total. The van der Waals surface area contributed by atoms with Crippen molar-refractivity contribution in [1.29, 1.82) is 5.26 Å². The number of rotatable bonds is 7. The van der Waals surface area contributed by atoms with Gasteiger partial charge in [-0.3, -0.25) is 4.68 Å². The monoisotopic (exact) mass is 408 g/mol. The van der Waals surface area contributed by atoms with Gasteiger partial charge in [-0.25, -0.2) is 9.97 Å². The molecule has 8 heteroatoms. The fraction of sp³-hybridized carbons (Fsp3) is 0.333. The van der Waals surface area contributed by atoms with Crippen molar-refractivity contribution in [3.63, 3.8) is 0 Å². The molecule has 0 unspecified atom stereocenters. The van der Waals surface area contributed by atoms with Crippen molar-refractivity contribution in [2.45, 2.75) is 32.7 Å². The maximum Gasteiger partial charge on any atom is 0.227 e. The first kappa shape index (κ1) is 19.2. The molecular weight excluding hydrogens is 388 g/mol. The Morgan fingerprint density at radius 1 is 1.28 bits per heavy atom. The predicted molar refractivity (Wildman–Crippen MR) is 111 cm³/mol. The average Bonchev–Trinajstić information content (AvgIpc) is 3.48. The van der Waals surface area contributed by atoms with Crippen molar-refractivity contribution in [3.05, 3.63) is 47.9 Å². The number of anilines is 2. The van der Waals surface area contributed by atoms with E-state index in [2.05, 4.69) is 26.5 Å². The molecule has 4 rings (SSSR count). The summed E-state index contributed by atoms with van der Waals surface area (Å²) in [5, 5.41) is 17.1. The predicted octanol–water partition coefficient (Wildman–Crippen LogP) is 5.00. The van der Waals surface area contributed by atoms with Crippen molar-refractivity contribution in [2.75, 3.05) is 11.9 Å². The largest absolute Gasteiger partial charge is 0.492 e. The minimum absolute atomic E-state index is 0.319. The van der Waals surface area contributed by atoms with Crippen LogP contribution in [0.25, 0.3) is 11.3 Å². The van der Waals surface area contributed by atoms with E-state index in [4.69, 9.17) is 21.6 Å². The van der Waals surface area contributed by atoms with Gasteiger partial charge in [0.25, 0.3) is 0 Å². The molecule has 0 amide bonds. The number of hydrogen-bond donors (Lipinski definition) is 1. The second kappa shape index (κ2) is 7.72. The first-order valence-corrected chi connectivity index (χ1v) is 9.79. The molecule has 148 valence electrons. The third kappa shape index (κ3) is 4.66. The van der Waals surface area contributed by atoms with Gasteiger partial charge in [0, 0.05) is 11.8 Å². The molecule has 1 N–H and O–H groups in total. The van der Waals surface area contributed by atoms with Crippen LogP contribution in [0.4, 0.5) is 11.6 Å². The Morgan fingerprint density at radius 2 is 2.03 bits per heavy atom. The maximum absolute atomic E-state index is 9.09. The van der Waals surface area contributed by atoms with E-state index in [-0.39, 0.29) is 0 Å². The van der Waals surface area contributed by atoms with Crippen molar-refractivity contribution in [3.8, 4) is 23.1 Å². The molecule has 0 saturated heterocycles. The summed E-state index contributed by atoms with van der Waals surface area (Å²) in [7, 11) is 0. The first-order chi connectivity index (χ1) is 13.9. The molecule has 0 radical (unpaired) electrons. The van der Waals surface area contributed by atoms with Crippen LogP contribution in [-0.4, -0.2) is 26.4 Å². The van der Waals surface area contributed by atoms with Gasteiger partial charge >= 0.3 is 0 Å². The number of halogens is 1. The zero-order valence-electron chi connectivity index (χ0n) is 16.3. The molecule has 1 saturated carbocycles. The lowest BCUT2D eigenvalue weighted by Gasteiger charge is -2.16. The fourth-order valence-electron chi connectivity index (χ4n) is 2.71. The highest BCUT2D eigenvalue weighted by atomic mass is 35.5. The number of ether oxygens (including phenoxy) is 1. The zero-order valence-corrected chi connectivity index (χ0v) is 17.0. The highest BCUT2D eigenvalue weighted by Crippen LogP contribution is 2.35. The number of nitrogens with zero attached hydrogens (tertiary/aromatic N) is 5. The molecule has 1 fully saturated rings. The Balaban J connectivity index is 1.48. The number of aromatic nitrogens is 4. The number of nitrogens with one attached hydrogen (secondary N) is 1. The Morgan fingerprint density at radius 3 is 2.72 bits per heavy atom. The van der Waals surface area contributed by atoms with Crippen LogP contribution in [0.1, 0.15) is 32.7 Å². The zero-order chi connectivity index (χ0) is 20.4. The first-order valence-electron chi connectivity index (χ1n) is 9.42. The van der Waals surface area contributed by atoms with Crippen LogP contribution in [0.2, 0.25) is 5.02 Å². The molecule has 0 bridgehead atoms. The van der Waals surface area contributed by atoms with E-state index in [9.17, 15) is 0 Å². The molecule has 3 aromatic rings. The minimum Gasteiger partial charge on any atom is -0.492 e. The van der Waals surface area contributed by atoms with Crippen LogP contribution in [0.15, 0.2) is 42.9 Å². The van der Waals surface area contributed by atoms with Gasteiger partial charge in [0.1, 0.15) is 12.4 Å². The highest BCUT2D eigenvalue weighted by molar-refractivity contribution is 6.32. The fourth-order valence-corrected chi connectivity index (χ4v) is 2.91. The Kier molecular flexibility index (Phi) is 5.12. The number of hydrogen-bond acceptors (Lipinski definition) is 6. The van der Waals surface area contributed by atoms with Crippen molar-refractivity contribution in [1.82, 2.24) is 19.7 Å². The van der Waals surface area contributed by atoms with E-state index in [1.807, 2.05) is 49.0 Å². The maximum atomic E-state index is 9.09. The van der Waals surface area contributed by atoms with Gasteiger partial charge < -0.3 is 10.1 Å². The summed E-state index contributed by atoms with van der Waals surface area (Å²) >= 11 is 6.33. The van der Waals surface area contributed by atoms with E-state index in [0.29, 0.717) is 35.1 Å². The molecule has 1 aromatic carbocycles. The molecule has 2 aromatic heterocycles. The Labute approximate surface area is 174 Å². The van der Waals surface area contributed by atoms with Gasteiger partial charge in [0.05, 0.1) is 46.3 Å². The van der Waals surface area contributed by atoms with Gasteiger partial charge in [-0.05, 0) is 51.0 Å². The molecule has 29 heavy (non-hydrogen) atoms. The molecule has 0 atom stereocenters. The molecule has 2 heterocycles. The highest BCUT2D eigenvalue weighted by Gasteiger charge is 2.24. The summed E-state index contributed by atoms with van der Waals surface area (Å²) < 4.78 is 7.67. The van der Waals surface area contributed by atoms with Gasteiger partial charge in [0.15, 0.2) is 0 Å². The smallest absolute Gasteiger partial charge is 0.227 e. The lowest BCUT2D eigenvalue weighted by Crippen LogP contribution is -2.18. The standard InChI is InChI=1S/C21H21ClN6O/c1-21(2,12-23)13-29-17-7-3-14(4-8-17)19-18(22)10-24-20(27-19)26-15-9-25-28(11-15)16-5-6-16/h3-4,7-11,16H,5-6,13H2,1-2H3,(H,24,26,27). The van der Waals surface area contributed by atoms with Gasteiger partial charge in [-0.2, -0.15) is 10.4 Å². The van der Waals surface area contributed by atoms with E-state index in [1.165, 1.54) is 12.8 Å². The van der Waals surface area contributed by atoms with E-state index in [1.54, 1.807) is 12.4 Å². The van der Waals surface area contributed by atoms with E-state index >= 15 is 0 Å². The lowest BCUT2D eigenvalue weighted by atomic mass is 9.98. The summed E-state index contributed by atoms with van der Waals surface area (Å²) in [6.07, 6.45) is 7.67. The molecule has 1 aliphatic carbocycles. The molecular formula is C21H21ClN6O. The van der Waals surface area contributed by atoms with Gasteiger partial charge in [-0.1, -0.05) is 11.6 Å². The third-order valence-electron chi connectivity index (χ3n) is 4.55. The van der Waals surface area contributed by atoms with Gasteiger partial charge in [0.2, 0.25) is 5.95 Å². The van der Waals surface area contributed by atoms with Crippen LogP contribution in [-0.2, 0) is 0 Å². The summed E-state index contributed by atoms with van der Waals surface area (Å²) in [4.78, 5) is 8.83. The Hall–Kier alpha value is -3.11. The van der Waals surface area contributed by atoms with Crippen LogP contribution in [0.5, 0.6) is 5.75 Å². The van der Waals surface area contributed by atoms with E-state index in [0.717, 1.165) is 11.3 Å². The number of benzene rings is 1. The third-order valence-corrected chi connectivity index (χ3v) is 4.83. The van der Waals surface area contributed by atoms with Crippen LogP contribution in [0.3, 0.4) is 0 Å².